The number of Topliss-reactive ketones (excluding diaryl/α,β-unsaturated/α-hetero) is 1. The Morgan fingerprint density at radius 1 is 1.27 bits per heavy atom. The second-order valence-corrected chi connectivity index (χ2v) is 6.70. The predicted molar refractivity (Wildman–Crippen MR) is 80.9 cm³/mol. The number of nitrogens with zero attached hydrogens (tertiary/aromatic N) is 2. The summed E-state index contributed by atoms with van der Waals surface area (Å²) in [5, 5.41) is 14.0. The number of hydrogen-bond acceptors (Lipinski definition) is 5. The maximum Gasteiger partial charge on any atom is 0.233 e. The Morgan fingerprint density at radius 3 is 2.45 bits per heavy atom. The van der Waals surface area contributed by atoms with Gasteiger partial charge in [-0.3, -0.25) is 24.6 Å². The topological polar surface area (TPSA) is 92.6 Å². The number of amides is 1. The van der Waals surface area contributed by atoms with E-state index >= 15 is 0 Å². The van der Waals surface area contributed by atoms with Crippen molar-refractivity contribution in [2.75, 3.05) is 13.6 Å². The lowest BCUT2D eigenvalue weighted by Crippen LogP contribution is -2.59. The lowest BCUT2D eigenvalue weighted by Gasteiger charge is -2.39. The summed E-state index contributed by atoms with van der Waals surface area (Å²) in [6.07, 6.45) is 2.82. The highest BCUT2D eigenvalue weighted by atomic mass is 16.6. The van der Waals surface area contributed by atoms with Gasteiger partial charge >= 0.3 is 0 Å². The highest BCUT2D eigenvalue weighted by Gasteiger charge is 2.49. The Bertz CT molecular complexity index is 468. The molecule has 1 heterocycles. The predicted octanol–water partition coefficient (Wildman–Crippen LogP) is 0.846. The number of likely N-dealkylation sites (tertiary alicyclic amines) is 1. The van der Waals surface area contributed by atoms with Crippen molar-refractivity contribution >= 4 is 11.7 Å². The van der Waals surface area contributed by atoms with E-state index in [1.165, 1.54) is 6.92 Å². The smallest absolute Gasteiger partial charge is 0.233 e. The monoisotopic (exact) mass is 311 g/mol. The minimum absolute atomic E-state index is 0.0505. The van der Waals surface area contributed by atoms with E-state index in [2.05, 4.69) is 5.32 Å². The van der Waals surface area contributed by atoms with E-state index in [1.54, 1.807) is 0 Å². The first kappa shape index (κ1) is 16.9. The van der Waals surface area contributed by atoms with Gasteiger partial charge in [0, 0.05) is 24.2 Å². The molecule has 5 atom stereocenters. The lowest BCUT2D eigenvalue weighted by molar-refractivity contribution is -0.531. The molecule has 0 spiro atoms. The Morgan fingerprint density at radius 2 is 1.95 bits per heavy atom. The van der Waals surface area contributed by atoms with Crippen molar-refractivity contribution in [2.24, 2.45) is 11.8 Å². The third-order valence-corrected chi connectivity index (χ3v) is 5.15. The summed E-state index contributed by atoms with van der Waals surface area (Å²) in [4.78, 5) is 37.5. The Kier molecular flexibility index (Phi) is 5.16. The molecule has 7 heteroatoms. The summed E-state index contributed by atoms with van der Waals surface area (Å²) in [6, 6.07) is -1.74. The average molecular weight is 311 g/mol. The molecule has 0 aromatic carbocycles. The van der Waals surface area contributed by atoms with E-state index in [9.17, 15) is 19.7 Å². The van der Waals surface area contributed by atoms with Crippen molar-refractivity contribution in [3.63, 3.8) is 0 Å². The Balaban J connectivity index is 2.27. The highest BCUT2D eigenvalue weighted by Crippen LogP contribution is 2.35. The van der Waals surface area contributed by atoms with E-state index in [4.69, 9.17) is 0 Å². The summed E-state index contributed by atoms with van der Waals surface area (Å²) in [5.74, 6) is -0.686. The van der Waals surface area contributed by atoms with Crippen LogP contribution in [0.5, 0.6) is 0 Å². The van der Waals surface area contributed by atoms with E-state index < -0.39 is 18.0 Å². The molecule has 0 aromatic rings. The fourth-order valence-corrected chi connectivity index (χ4v) is 3.99. The minimum Gasteiger partial charge on any atom is -0.346 e. The molecule has 1 amide bonds. The number of rotatable bonds is 4. The number of nitrogens with one attached hydrogen (secondary N) is 1. The lowest BCUT2D eigenvalue weighted by atomic mass is 9.70. The quantitative estimate of drug-likeness (QED) is 0.613. The van der Waals surface area contributed by atoms with Gasteiger partial charge in [0.05, 0.1) is 6.04 Å². The van der Waals surface area contributed by atoms with Gasteiger partial charge in [-0.25, -0.2) is 0 Å². The molecule has 0 bridgehead atoms. The van der Waals surface area contributed by atoms with Crippen LogP contribution in [0.1, 0.15) is 39.5 Å². The molecule has 2 fully saturated rings. The summed E-state index contributed by atoms with van der Waals surface area (Å²) >= 11 is 0. The number of nitro groups is 1. The largest absolute Gasteiger partial charge is 0.346 e. The zero-order valence-electron chi connectivity index (χ0n) is 13.4. The van der Waals surface area contributed by atoms with Crippen LogP contribution in [-0.4, -0.2) is 53.2 Å². The third-order valence-electron chi connectivity index (χ3n) is 5.15. The van der Waals surface area contributed by atoms with Crippen molar-refractivity contribution in [1.82, 2.24) is 10.2 Å². The number of carbonyl (C=O) groups excluding carboxylic acids is 2. The first-order valence-corrected chi connectivity index (χ1v) is 7.97. The van der Waals surface area contributed by atoms with Crippen LogP contribution in [0.15, 0.2) is 0 Å². The van der Waals surface area contributed by atoms with E-state index in [0.717, 1.165) is 19.4 Å². The molecular weight excluding hydrogens is 286 g/mol. The number of carbonyl (C=O) groups is 2. The Hall–Kier alpha value is -1.50. The molecule has 2 rings (SSSR count). The van der Waals surface area contributed by atoms with Crippen LogP contribution in [-0.2, 0) is 9.59 Å². The summed E-state index contributed by atoms with van der Waals surface area (Å²) in [5.41, 5.74) is 0. The molecule has 0 radical (unpaired) electrons. The van der Waals surface area contributed by atoms with Crippen LogP contribution in [0, 0.1) is 22.0 Å². The first-order chi connectivity index (χ1) is 10.3. The van der Waals surface area contributed by atoms with Gasteiger partial charge in [-0.15, -0.1) is 0 Å². The second kappa shape index (κ2) is 6.73. The first-order valence-electron chi connectivity index (χ1n) is 7.97. The fraction of sp³-hybridized carbons (Fsp3) is 0.867. The maximum atomic E-state index is 13.0. The van der Waals surface area contributed by atoms with Crippen LogP contribution in [0.3, 0.4) is 0 Å². The second-order valence-electron chi connectivity index (χ2n) is 6.70. The summed E-state index contributed by atoms with van der Waals surface area (Å²) in [6.45, 7) is 4.18. The standard InChI is InChI=1S/C15H25N3O4/c1-9-6-7-11(18(21)22)14(16-10(2)19)13(9)15(20)12-5-4-8-17(12)3/h9,11-14H,4-8H2,1-3H3,(H,16,19)/t9?,11?,12-,13?,14?/m1/s1. The number of hydrogen-bond donors (Lipinski definition) is 1. The number of ketones is 1. The van der Waals surface area contributed by atoms with E-state index in [1.807, 2.05) is 18.9 Å². The molecule has 1 aliphatic carbocycles. The molecule has 124 valence electrons. The Labute approximate surface area is 130 Å². The van der Waals surface area contributed by atoms with Gasteiger partial charge in [0.1, 0.15) is 6.04 Å². The summed E-state index contributed by atoms with van der Waals surface area (Å²) < 4.78 is 0. The fourth-order valence-electron chi connectivity index (χ4n) is 3.99. The normalized spacial score (nSPS) is 36.0. The van der Waals surface area contributed by atoms with Crippen molar-refractivity contribution in [2.45, 2.75) is 57.7 Å². The molecule has 4 unspecified atom stereocenters. The van der Waals surface area contributed by atoms with Gasteiger partial charge in [0.15, 0.2) is 5.78 Å². The molecule has 0 aromatic heterocycles. The zero-order chi connectivity index (χ0) is 16.4. The molecule has 1 saturated carbocycles. The molecule has 22 heavy (non-hydrogen) atoms. The minimum atomic E-state index is -0.874. The van der Waals surface area contributed by atoms with Gasteiger partial charge in [0.2, 0.25) is 11.9 Å². The molecule has 1 aliphatic heterocycles. The SMILES string of the molecule is CC(=O)NC1C(C(=O)[C@H]2CCCN2C)C(C)CCC1[N+](=O)[O-]. The van der Waals surface area contributed by atoms with Crippen LogP contribution >= 0.6 is 0 Å². The molecule has 7 nitrogen and oxygen atoms in total. The average Bonchev–Trinajstić information content (AvgIpc) is 2.83. The van der Waals surface area contributed by atoms with Gasteiger partial charge in [-0.05, 0) is 38.8 Å². The van der Waals surface area contributed by atoms with E-state index in [0.29, 0.717) is 12.8 Å². The van der Waals surface area contributed by atoms with Crippen molar-refractivity contribution in [3.05, 3.63) is 10.1 Å². The van der Waals surface area contributed by atoms with E-state index in [-0.39, 0.29) is 28.6 Å². The van der Waals surface area contributed by atoms with Crippen molar-refractivity contribution in [3.8, 4) is 0 Å². The summed E-state index contributed by atoms with van der Waals surface area (Å²) in [7, 11) is 1.92. The van der Waals surface area contributed by atoms with Crippen molar-refractivity contribution in [1.29, 1.82) is 0 Å². The van der Waals surface area contributed by atoms with Gasteiger partial charge < -0.3 is 5.32 Å². The van der Waals surface area contributed by atoms with Crippen LogP contribution < -0.4 is 5.32 Å². The zero-order valence-corrected chi connectivity index (χ0v) is 13.4. The van der Waals surface area contributed by atoms with Crippen LogP contribution in [0.4, 0.5) is 0 Å². The molecule has 1 N–H and O–H groups in total. The molecular formula is C15H25N3O4. The van der Waals surface area contributed by atoms with Gasteiger partial charge in [-0.1, -0.05) is 6.92 Å². The number of likely N-dealkylation sites (N-methyl/N-ethyl adjacent to an activating group) is 1. The molecule has 1 saturated heterocycles. The molecule has 2 aliphatic rings. The van der Waals surface area contributed by atoms with Gasteiger partial charge in [-0.2, -0.15) is 0 Å². The van der Waals surface area contributed by atoms with Crippen molar-refractivity contribution < 1.29 is 14.5 Å². The van der Waals surface area contributed by atoms with Crippen LogP contribution in [0.2, 0.25) is 0 Å². The highest BCUT2D eigenvalue weighted by molar-refractivity contribution is 5.88. The van der Waals surface area contributed by atoms with Crippen LogP contribution in [0.25, 0.3) is 0 Å². The third kappa shape index (κ3) is 3.29. The maximum absolute atomic E-state index is 13.0. The van der Waals surface area contributed by atoms with Gasteiger partial charge in [0.25, 0.3) is 0 Å².